The summed E-state index contributed by atoms with van der Waals surface area (Å²) >= 11 is 0. The molecule has 112 valence electrons. The molecule has 1 fully saturated rings. The van der Waals surface area contributed by atoms with Gasteiger partial charge in [0, 0.05) is 25.8 Å². The van der Waals surface area contributed by atoms with E-state index in [1.165, 1.54) is 43.4 Å². The second-order valence-corrected chi connectivity index (χ2v) is 6.12. The lowest BCUT2D eigenvalue weighted by molar-refractivity contribution is 0.321. The molecule has 1 aromatic rings. The molecule has 1 aliphatic carbocycles. The first kappa shape index (κ1) is 15.3. The Kier molecular flexibility index (Phi) is 5.84. The zero-order valence-electron chi connectivity index (χ0n) is 13.2. The quantitative estimate of drug-likeness (QED) is 0.804. The Morgan fingerprint density at radius 1 is 1.35 bits per heavy atom. The lowest BCUT2D eigenvalue weighted by atomic mass is 9.85. The monoisotopic (exact) mass is 275 g/mol. The van der Waals surface area contributed by atoms with Gasteiger partial charge in [-0.2, -0.15) is 0 Å². The predicted molar refractivity (Wildman–Crippen MR) is 86.1 cm³/mol. The molecule has 0 bridgehead atoms. The Morgan fingerprint density at radius 2 is 2.15 bits per heavy atom. The van der Waals surface area contributed by atoms with Crippen LogP contribution in [0.2, 0.25) is 0 Å². The summed E-state index contributed by atoms with van der Waals surface area (Å²) in [5.74, 6) is 0.783. The SMILES string of the molecule is CCCNCc1ccncc1N(C)C1CCCCC1C. The third-order valence-electron chi connectivity index (χ3n) is 4.57. The fraction of sp³-hybridized carbons (Fsp3) is 0.706. The van der Waals surface area contributed by atoms with Crippen LogP contribution in [0, 0.1) is 5.92 Å². The van der Waals surface area contributed by atoms with E-state index in [0.29, 0.717) is 6.04 Å². The van der Waals surface area contributed by atoms with E-state index in [2.05, 4.69) is 42.2 Å². The van der Waals surface area contributed by atoms with Crippen LogP contribution >= 0.6 is 0 Å². The van der Waals surface area contributed by atoms with Gasteiger partial charge in [0.25, 0.3) is 0 Å². The van der Waals surface area contributed by atoms with Crippen molar-refractivity contribution in [3.05, 3.63) is 24.0 Å². The topological polar surface area (TPSA) is 28.2 Å². The Hall–Kier alpha value is -1.09. The molecule has 3 heteroatoms. The highest BCUT2D eigenvalue weighted by Crippen LogP contribution is 2.31. The second kappa shape index (κ2) is 7.63. The van der Waals surface area contributed by atoms with Gasteiger partial charge in [0.15, 0.2) is 0 Å². The molecule has 1 aliphatic rings. The van der Waals surface area contributed by atoms with Gasteiger partial charge in [0.2, 0.25) is 0 Å². The summed E-state index contributed by atoms with van der Waals surface area (Å²) < 4.78 is 0. The summed E-state index contributed by atoms with van der Waals surface area (Å²) in [5.41, 5.74) is 2.67. The first-order chi connectivity index (χ1) is 9.74. The standard InChI is InChI=1S/C17H29N3/c1-4-10-18-12-15-9-11-19-13-17(15)20(3)16-8-6-5-7-14(16)2/h9,11,13-14,16,18H,4-8,10,12H2,1-3H3. The summed E-state index contributed by atoms with van der Waals surface area (Å²) in [5, 5.41) is 3.51. The molecule has 0 aliphatic heterocycles. The number of nitrogens with zero attached hydrogens (tertiary/aromatic N) is 2. The van der Waals surface area contributed by atoms with Crippen LogP contribution in [0.4, 0.5) is 5.69 Å². The summed E-state index contributed by atoms with van der Waals surface area (Å²) in [6.45, 7) is 6.62. The van der Waals surface area contributed by atoms with Crippen molar-refractivity contribution < 1.29 is 0 Å². The van der Waals surface area contributed by atoms with Crippen molar-refractivity contribution in [1.29, 1.82) is 0 Å². The van der Waals surface area contributed by atoms with Crippen LogP contribution in [0.3, 0.4) is 0 Å². The van der Waals surface area contributed by atoms with Gasteiger partial charge >= 0.3 is 0 Å². The zero-order valence-corrected chi connectivity index (χ0v) is 13.2. The smallest absolute Gasteiger partial charge is 0.0598 e. The molecule has 1 heterocycles. The Morgan fingerprint density at radius 3 is 2.90 bits per heavy atom. The molecule has 3 nitrogen and oxygen atoms in total. The lowest BCUT2D eigenvalue weighted by Gasteiger charge is -2.38. The highest BCUT2D eigenvalue weighted by Gasteiger charge is 2.26. The maximum absolute atomic E-state index is 4.35. The van der Waals surface area contributed by atoms with E-state index in [1.54, 1.807) is 0 Å². The van der Waals surface area contributed by atoms with Crippen LogP contribution in [-0.4, -0.2) is 24.6 Å². The van der Waals surface area contributed by atoms with Crippen LogP contribution in [0.1, 0.15) is 51.5 Å². The van der Waals surface area contributed by atoms with E-state index in [9.17, 15) is 0 Å². The Balaban J connectivity index is 2.09. The van der Waals surface area contributed by atoms with Gasteiger partial charge in [0.05, 0.1) is 11.9 Å². The van der Waals surface area contributed by atoms with Crippen molar-refractivity contribution >= 4 is 5.69 Å². The molecule has 0 spiro atoms. The average Bonchev–Trinajstić information content (AvgIpc) is 2.48. The number of rotatable bonds is 6. The van der Waals surface area contributed by atoms with Crippen LogP contribution < -0.4 is 10.2 Å². The Labute approximate surface area is 123 Å². The fourth-order valence-electron chi connectivity index (χ4n) is 3.33. The predicted octanol–water partition coefficient (Wildman–Crippen LogP) is 3.60. The number of hydrogen-bond acceptors (Lipinski definition) is 3. The van der Waals surface area contributed by atoms with E-state index >= 15 is 0 Å². The molecule has 2 atom stereocenters. The van der Waals surface area contributed by atoms with Crippen LogP contribution in [0.5, 0.6) is 0 Å². The van der Waals surface area contributed by atoms with Gasteiger partial charge in [-0.1, -0.05) is 26.7 Å². The average molecular weight is 275 g/mol. The largest absolute Gasteiger partial charge is 0.370 e. The zero-order chi connectivity index (χ0) is 14.4. The third kappa shape index (κ3) is 3.72. The van der Waals surface area contributed by atoms with Gasteiger partial charge in [-0.05, 0) is 43.4 Å². The maximum atomic E-state index is 4.35. The molecule has 0 aromatic carbocycles. The van der Waals surface area contributed by atoms with Gasteiger partial charge in [-0.25, -0.2) is 0 Å². The van der Waals surface area contributed by atoms with Crippen LogP contribution in [0.15, 0.2) is 18.5 Å². The molecule has 2 rings (SSSR count). The third-order valence-corrected chi connectivity index (χ3v) is 4.57. The summed E-state index contributed by atoms with van der Waals surface area (Å²) in [6, 6.07) is 2.82. The maximum Gasteiger partial charge on any atom is 0.0598 e. The number of nitrogens with one attached hydrogen (secondary N) is 1. The van der Waals surface area contributed by atoms with Crippen molar-refractivity contribution in [1.82, 2.24) is 10.3 Å². The molecule has 1 aromatic heterocycles. The van der Waals surface area contributed by atoms with E-state index in [-0.39, 0.29) is 0 Å². The van der Waals surface area contributed by atoms with Crippen molar-refractivity contribution in [2.24, 2.45) is 5.92 Å². The first-order valence-electron chi connectivity index (χ1n) is 8.10. The molecular weight excluding hydrogens is 246 g/mol. The van der Waals surface area contributed by atoms with Gasteiger partial charge < -0.3 is 10.2 Å². The van der Waals surface area contributed by atoms with E-state index in [0.717, 1.165) is 19.0 Å². The van der Waals surface area contributed by atoms with Crippen LogP contribution in [0.25, 0.3) is 0 Å². The lowest BCUT2D eigenvalue weighted by Crippen LogP contribution is -2.39. The fourth-order valence-corrected chi connectivity index (χ4v) is 3.33. The molecule has 0 radical (unpaired) electrons. The number of anilines is 1. The van der Waals surface area contributed by atoms with E-state index in [1.807, 2.05) is 12.4 Å². The molecule has 1 N–H and O–H groups in total. The molecular formula is C17H29N3. The Bertz CT molecular complexity index is 405. The number of pyridine rings is 1. The number of hydrogen-bond donors (Lipinski definition) is 1. The molecule has 0 saturated heterocycles. The molecule has 1 saturated carbocycles. The summed E-state index contributed by atoms with van der Waals surface area (Å²) in [7, 11) is 2.24. The van der Waals surface area contributed by atoms with Gasteiger partial charge in [-0.15, -0.1) is 0 Å². The van der Waals surface area contributed by atoms with Gasteiger partial charge in [-0.3, -0.25) is 4.98 Å². The summed E-state index contributed by atoms with van der Waals surface area (Å²) in [6.07, 6.45) is 10.5. The summed E-state index contributed by atoms with van der Waals surface area (Å²) in [4.78, 5) is 6.82. The van der Waals surface area contributed by atoms with E-state index < -0.39 is 0 Å². The normalized spacial score (nSPS) is 22.8. The molecule has 20 heavy (non-hydrogen) atoms. The van der Waals surface area contributed by atoms with Crippen molar-refractivity contribution in [3.63, 3.8) is 0 Å². The molecule has 2 unspecified atom stereocenters. The van der Waals surface area contributed by atoms with Gasteiger partial charge in [0.1, 0.15) is 0 Å². The minimum Gasteiger partial charge on any atom is -0.370 e. The van der Waals surface area contributed by atoms with E-state index in [4.69, 9.17) is 0 Å². The second-order valence-electron chi connectivity index (χ2n) is 6.12. The van der Waals surface area contributed by atoms with Crippen molar-refractivity contribution in [2.75, 3.05) is 18.5 Å². The van der Waals surface area contributed by atoms with Crippen molar-refractivity contribution in [3.8, 4) is 0 Å². The minimum atomic E-state index is 0.665. The highest BCUT2D eigenvalue weighted by molar-refractivity contribution is 5.52. The molecule has 0 amide bonds. The van der Waals surface area contributed by atoms with Crippen LogP contribution in [-0.2, 0) is 6.54 Å². The van der Waals surface area contributed by atoms with Crippen molar-refractivity contribution in [2.45, 2.75) is 58.5 Å². The number of aromatic nitrogens is 1. The minimum absolute atomic E-state index is 0.665. The first-order valence-corrected chi connectivity index (χ1v) is 8.10. The highest BCUT2D eigenvalue weighted by atomic mass is 15.1.